The van der Waals surface area contributed by atoms with Crippen molar-refractivity contribution in [2.75, 3.05) is 7.11 Å². The maximum absolute atomic E-state index is 5.72. The van der Waals surface area contributed by atoms with E-state index in [0.29, 0.717) is 6.61 Å². The van der Waals surface area contributed by atoms with Crippen molar-refractivity contribution < 1.29 is 9.47 Å². The molecule has 102 valence electrons. The number of pyridine rings is 1. The van der Waals surface area contributed by atoms with Crippen molar-refractivity contribution in [3.63, 3.8) is 0 Å². The summed E-state index contributed by atoms with van der Waals surface area (Å²) in [6.07, 6.45) is 1.91. The number of rotatable bonds is 4. The number of nitrogens with zero attached hydrogens (tertiary/aromatic N) is 3. The van der Waals surface area contributed by atoms with Gasteiger partial charge in [-0.05, 0) is 40.2 Å². The highest BCUT2D eigenvalue weighted by Gasteiger charge is 2.08. The summed E-state index contributed by atoms with van der Waals surface area (Å²) >= 11 is 3.44. The Morgan fingerprint density at radius 1 is 1.15 bits per heavy atom. The van der Waals surface area contributed by atoms with Gasteiger partial charge in [0, 0.05) is 12.3 Å². The summed E-state index contributed by atoms with van der Waals surface area (Å²) in [7, 11) is 1.63. The molecule has 0 amide bonds. The molecule has 0 spiro atoms. The zero-order valence-electron chi connectivity index (χ0n) is 10.8. The van der Waals surface area contributed by atoms with Crippen molar-refractivity contribution in [2.45, 2.75) is 6.61 Å². The van der Waals surface area contributed by atoms with Gasteiger partial charge in [-0.2, -0.15) is 0 Å². The highest BCUT2D eigenvalue weighted by atomic mass is 79.9. The minimum absolute atomic E-state index is 0.338. The molecule has 6 heteroatoms. The molecule has 0 unspecified atom stereocenters. The summed E-state index contributed by atoms with van der Waals surface area (Å²) in [5.41, 5.74) is 0.775. The SMILES string of the molecule is COc1cccc(OCc2nnc3c(Br)cccn23)c1. The van der Waals surface area contributed by atoms with E-state index in [1.165, 1.54) is 0 Å². The summed E-state index contributed by atoms with van der Waals surface area (Å²) in [5.74, 6) is 2.23. The third-order valence-corrected chi connectivity index (χ3v) is 3.49. The first-order valence-corrected chi connectivity index (χ1v) is 6.82. The predicted octanol–water partition coefficient (Wildman–Crippen LogP) is 3.08. The van der Waals surface area contributed by atoms with E-state index in [1.807, 2.05) is 47.0 Å². The van der Waals surface area contributed by atoms with Gasteiger partial charge in [-0.15, -0.1) is 10.2 Å². The molecule has 0 saturated heterocycles. The van der Waals surface area contributed by atoms with Gasteiger partial charge in [0.15, 0.2) is 11.5 Å². The van der Waals surface area contributed by atoms with E-state index in [4.69, 9.17) is 9.47 Å². The Balaban J connectivity index is 1.81. The number of hydrogen-bond acceptors (Lipinski definition) is 4. The third kappa shape index (κ3) is 2.46. The summed E-state index contributed by atoms with van der Waals surface area (Å²) < 4.78 is 13.7. The molecule has 0 aliphatic heterocycles. The Morgan fingerprint density at radius 3 is 2.85 bits per heavy atom. The van der Waals surface area contributed by atoms with Gasteiger partial charge >= 0.3 is 0 Å². The van der Waals surface area contributed by atoms with Crippen molar-refractivity contribution in [3.05, 3.63) is 52.9 Å². The molecule has 0 radical (unpaired) electrons. The predicted molar refractivity (Wildman–Crippen MR) is 78.0 cm³/mol. The molecule has 0 saturated carbocycles. The average Bonchev–Trinajstić information content (AvgIpc) is 2.90. The van der Waals surface area contributed by atoms with E-state index in [-0.39, 0.29) is 0 Å². The highest BCUT2D eigenvalue weighted by molar-refractivity contribution is 9.10. The van der Waals surface area contributed by atoms with Crippen LogP contribution in [0.2, 0.25) is 0 Å². The fourth-order valence-corrected chi connectivity index (χ4v) is 2.29. The van der Waals surface area contributed by atoms with Gasteiger partial charge in [-0.1, -0.05) is 6.07 Å². The van der Waals surface area contributed by atoms with Gasteiger partial charge in [0.1, 0.15) is 18.1 Å². The smallest absolute Gasteiger partial charge is 0.175 e. The molecular formula is C14H12BrN3O2. The molecule has 2 aromatic heterocycles. The van der Waals surface area contributed by atoms with E-state index in [9.17, 15) is 0 Å². The second-order valence-electron chi connectivity index (χ2n) is 4.13. The molecule has 0 fully saturated rings. The minimum atomic E-state index is 0.338. The monoisotopic (exact) mass is 333 g/mol. The maximum Gasteiger partial charge on any atom is 0.175 e. The highest BCUT2D eigenvalue weighted by Crippen LogP contribution is 2.21. The molecular weight excluding hydrogens is 322 g/mol. The Labute approximate surface area is 124 Å². The zero-order chi connectivity index (χ0) is 13.9. The van der Waals surface area contributed by atoms with Gasteiger partial charge in [0.25, 0.3) is 0 Å². The first-order chi connectivity index (χ1) is 9.78. The largest absolute Gasteiger partial charge is 0.497 e. The molecule has 0 atom stereocenters. The van der Waals surface area contributed by atoms with E-state index < -0.39 is 0 Å². The average molecular weight is 334 g/mol. The van der Waals surface area contributed by atoms with Crippen LogP contribution in [-0.4, -0.2) is 21.7 Å². The molecule has 5 nitrogen and oxygen atoms in total. The lowest BCUT2D eigenvalue weighted by Gasteiger charge is -2.06. The number of methoxy groups -OCH3 is 1. The first kappa shape index (κ1) is 12.9. The molecule has 0 aliphatic rings. The lowest BCUT2D eigenvalue weighted by Crippen LogP contribution is -2.01. The first-order valence-electron chi connectivity index (χ1n) is 6.03. The van der Waals surface area contributed by atoms with Crippen molar-refractivity contribution in [3.8, 4) is 11.5 Å². The second kappa shape index (κ2) is 5.50. The number of ether oxygens (including phenoxy) is 2. The van der Waals surface area contributed by atoms with E-state index >= 15 is 0 Å². The summed E-state index contributed by atoms with van der Waals surface area (Å²) in [6, 6.07) is 11.3. The fraction of sp³-hybridized carbons (Fsp3) is 0.143. The summed E-state index contributed by atoms with van der Waals surface area (Å²) in [5, 5.41) is 8.27. The van der Waals surface area contributed by atoms with E-state index in [0.717, 1.165) is 27.4 Å². The lowest BCUT2D eigenvalue weighted by molar-refractivity contribution is 0.292. The van der Waals surface area contributed by atoms with Crippen LogP contribution in [0.25, 0.3) is 5.65 Å². The van der Waals surface area contributed by atoms with Crippen LogP contribution in [0.15, 0.2) is 47.1 Å². The molecule has 1 aromatic carbocycles. The zero-order valence-corrected chi connectivity index (χ0v) is 12.4. The topological polar surface area (TPSA) is 48.7 Å². The fourth-order valence-electron chi connectivity index (χ4n) is 1.87. The van der Waals surface area contributed by atoms with Crippen molar-refractivity contribution in [2.24, 2.45) is 0 Å². The third-order valence-electron chi connectivity index (χ3n) is 2.87. The number of halogens is 1. The van der Waals surface area contributed by atoms with E-state index in [2.05, 4.69) is 26.1 Å². The summed E-state index contributed by atoms with van der Waals surface area (Å²) in [4.78, 5) is 0. The maximum atomic E-state index is 5.72. The van der Waals surface area contributed by atoms with Gasteiger partial charge in [-0.3, -0.25) is 4.40 Å². The van der Waals surface area contributed by atoms with Crippen LogP contribution < -0.4 is 9.47 Å². The summed E-state index contributed by atoms with van der Waals surface area (Å²) in [6.45, 7) is 0.338. The van der Waals surface area contributed by atoms with Gasteiger partial charge in [0.2, 0.25) is 0 Å². The molecule has 0 N–H and O–H groups in total. The minimum Gasteiger partial charge on any atom is -0.497 e. The number of benzene rings is 1. The number of hydrogen-bond donors (Lipinski definition) is 0. The van der Waals surface area contributed by atoms with Crippen LogP contribution in [0.3, 0.4) is 0 Å². The molecule has 0 bridgehead atoms. The van der Waals surface area contributed by atoms with Crippen LogP contribution in [0, 0.1) is 0 Å². The quantitative estimate of drug-likeness (QED) is 0.736. The lowest BCUT2D eigenvalue weighted by atomic mass is 10.3. The second-order valence-corrected chi connectivity index (χ2v) is 4.99. The van der Waals surface area contributed by atoms with Crippen LogP contribution in [0.5, 0.6) is 11.5 Å². The van der Waals surface area contributed by atoms with Crippen molar-refractivity contribution >= 4 is 21.6 Å². The van der Waals surface area contributed by atoms with Crippen LogP contribution in [0.4, 0.5) is 0 Å². The van der Waals surface area contributed by atoms with Gasteiger partial charge in [-0.25, -0.2) is 0 Å². The van der Waals surface area contributed by atoms with Crippen molar-refractivity contribution in [1.82, 2.24) is 14.6 Å². The van der Waals surface area contributed by atoms with Crippen LogP contribution in [-0.2, 0) is 6.61 Å². The Morgan fingerprint density at radius 2 is 2.00 bits per heavy atom. The van der Waals surface area contributed by atoms with E-state index in [1.54, 1.807) is 7.11 Å². The number of fused-ring (bicyclic) bond motifs is 1. The molecule has 0 aliphatic carbocycles. The number of aromatic nitrogens is 3. The molecule has 20 heavy (non-hydrogen) atoms. The van der Waals surface area contributed by atoms with Crippen molar-refractivity contribution in [1.29, 1.82) is 0 Å². The van der Waals surface area contributed by atoms with Crippen LogP contribution in [0.1, 0.15) is 5.82 Å². The molecule has 2 heterocycles. The van der Waals surface area contributed by atoms with Gasteiger partial charge in [0.05, 0.1) is 11.6 Å². The Kier molecular flexibility index (Phi) is 3.56. The molecule has 3 aromatic rings. The Bertz CT molecular complexity index is 742. The van der Waals surface area contributed by atoms with Gasteiger partial charge < -0.3 is 9.47 Å². The molecule has 3 rings (SSSR count). The standard InChI is InChI=1S/C14H12BrN3O2/c1-19-10-4-2-5-11(8-10)20-9-13-16-17-14-12(15)6-3-7-18(13)14/h2-8H,9H2,1H3. The normalized spacial score (nSPS) is 10.7. The Hall–Kier alpha value is -2.08. The van der Waals surface area contributed by atoms with Crippen LogP contribution >= 0.6 is 15.9 Å².